The molecule has 1 aliphatic rings. The summed E-state index contributed by atoms with van der Waals surface area (Å²) in [6, 6.07) is 10.5. The molecule has 0 unspecified atom stereocenters. The lowest BCUT2D eigenvalue weighted by Crippen LogP contribution is -2.37. The first-order valence-corrected chi connectivity index (χ1v) is 6.56. The first-order valence-electron chi connectivity index (χ1n) is 6.56. The van der Waals surface area contributed by atoms with Crippen LogP contribution < -0.4 is 5.73 Å². The number of carbonyl (C=O) groups is 1. The van der Waals surface area contributed by atoms with Crippen LogP contribution in [0.4, 0.5) is 0 Å². The Hall–Kier alpha value is -1.35. The lowest BCUT2D eigenvalue weighted by Gasteiger charge is -2.31. The summed E-state index contributed by atoms with van der Waals surface area (Å²) in [6.07, 6.45) is 3.66. The van der Waals surface area contributed by atoms with Gasteiger partial charge in [-0.3, -0.25) is 4.79 Å². The van der Waals surface area contributed by atoms with Crippen molar-refractivity contribution in [1.82, 2.24) is 0 Å². The van der Waals surface area contributed by atoms with Crippen molar-refractivity contribution >= 4 is 5.97 Å². The van der Waals surface area contributed by atoms with Crippen molar-refractivity contribution in [2.24, 2.45) is 17.6 Å². The molecule has 2 N–H and O–H groups in total. The van der Waals surface area contributed by atoms with Crippen LogP contribution in [0.1, 0.15) is 24.8 Å². The van der Waals surface area contributed by atoms with E-state index in [4.69, 9.17) is 10.5 Å². The van der Waals surface area contributed by atoms with E-state index in [0.29, 0.717) is 5.92 Å². The van der Waals surface area contributed by atoms with Gasteiger partial charge in [0.05, 0.1) is 13.0 Å². The molecule has 0 spiro atoms. The largest absolute Gasteiger partial charge is 0.469 e. The normalized spacial score (nSPS) is 27.8. The molecule has 0 heterocycles. The highest BCUT2D eigenvalue weighted by atomic mass is 16.5. The SMILES string of the molecule is COC(=O)[C@@H]1C[C@H](N)C[C@H](Cc2ccccc2)C1. The fourth-order valence-electron chi connectivity index (χ4n) is 2.96. The summed E-state index contributed by atoms with van der Waals surface area (Å²) in [5.74, 6) is 0.357. The molecule has 1 fully saturated rings. The zero-order valence-electron chi connectivity index (χ0n) is 10.8. The Bertz CT molecular complexity index is 391. The van der Waals surface area contributed by atoms with Crippen molar-refractivity contribution in [3.8, 4) is 0 Å². The third-order valence-electron chi connectivity index (χ3n) is 3.74. The minimum absolute atomic E-state index is 0.0209. The molecule has 98 valence electrons. The maximum absolute atomic E-state index is 11.6. The summed E-state index contributed by atoms with van der Waals surface area (Å²) in [7, 11) is 1.45. The zero-order chi connectivity index (χ0) is 13.0. The van der Waals surface area contributed by atoms with Crippen LogP contribution in [0.2, 0.25) is 0 Å². The van der Waals surface area contributed by atoms with Crippen LogP contribution in [0.15, 0.2) is 30.3 Å². The number of rotatable bonds is 3. The third kappa shape index (κ3) is 3.33. The van der Waals surface area contributed by atoms with Crippen LogP contribution in [-0.2, 0) is 16.0 Å². The van der Waals surface area contributed by atoms with Crippen molar-refractivity contribution in [3.63, 3.8) is 0 Å². The van der Waals surface area contributed by atoms with Crippen molar-refractivity contribution in [3.05, 3.63) is 35.9 Å². The number of methoxy groups -OCH3 is 1. The molecule has 3 heteroatoms. The lowest BCUT2D eigenvalue weighted by molar-refractivity contribution is -0.147. The Morgan fingerprint density at radius 1 is 1.28 bits per heavy atom. The predicted molar refractivity (Wildman–Crippen MR) is 71.0 cm³/mol. The van der Waals surface area contributed by atoms with Crippen molar-refractivity contribution in [2.75, 3.05) is 7.11 Å². The molecule has 1 saturated carbocycles. The van der Waals surface area contributed by atoms with Crippen molar-refractivity contribution < 1.29 is 9.53 Å². The van der Waals surface area contributed by atoms with E-state index < -0.39 is 0 Å². The molecular weight excluding hydrogens is 226 g/mol. The van der Waals surface area contributed by atoms with E-state index in [2.05, 4.69) is 24.3 Å². The maximum atomic E-state index is 11.6. The summed E-state index contributed by atoms with van der Waals surface area (Å²) in [4.78, 5) is 11.6. The van der Waals surface area contributed by atoms with Crippen molar-refractivity contribution in [1.29, 1.82) is 0 Å². The van der Waals surface area contributed by atoms with E-state index in [1.807, 2.05) is 6.07 Å². The van der Waals surface area contributed by atoms with Crippen LogP contribution in [0.5, 0.6) is 0 Å². The van der Waals surface area contributed by atoms with Gasteiger partial charge in [0.15, 0.2) is 0 Å². The number of carbonyl (C=O) groups excluding carboxylic acids is 1. The van der Waals surface area contributed by atoms with E-state index in [-0.39, 0.29) is 17.9 Å². The first kappa shape index (κ1) is 13.1. The van der Waals surface area contributed by atoms with Crippen LogP contribution in [-0.4, -0.2) is 19.1 Å². The van der Waals surface area contributed by atoms with Gasteiger partial charge in [0.2, 0.25) is 0 Å². The molecule has 1 aromatic carbocycles. The van der Waals surface area contributed by atoms with Gasteiger partial charge in [-0.2, -0.15) is 0 Å². The Morgan fingerprint density at radius 2 is 2.00 bits per heavy atom. The Labute approximate surface area is 108 Å². The van der Waals surface area contributed by atoms with Gasteiger partial charge in [-0.1, -0.05) is 30.3 Å². The summed E-state index contributed by atoms with van der Waals surface area (Å²) >= 11 is 0. The molecule has 0 aliphatic heterocycles. The number of esters is 1. The highest BCUT2D eigenvalue weighted by Gasteiger charge is 2.31. The van der Waals surface area contributed by atoms with E-state index >= 15 is 0 Å². The minimum Gasteiger partial charge on any atom is -0.469 e. The second-order valence-corrected chi connectivity index (χ2v) is 5.24. The second kappa shape index (κ2) is 6.01. The second-order valence-electron chi connectivity index (χ2n) is 5.24. The van der Waals surface area contributed by atoms with Gasteiger partial charge in [-0.05, 0) is 37.2 Å². The number of hydrogen-bond donors (Lipinski definition) is 1. The van der Waals surface area contributed by atoms with Gasteiger partial charge in [-0.15, -0.1) is 0 Å². The fourth-order valence-corrected chi connectivity index (χ4v) is 2.96. The quantitative estimate of drug-likeness (QED) is 0.833. The summed E-state index contributed by atoms with van der Waals surface area (Å²) in [5.41, 5.74) is 7.37. The highest BCUT2D eigenvalue weighted by molar-refractivity contribution is 5.72. The molecular formula is C15H21NO2. The van der Waals surface area contributed by atoms with Gasteiger partial charge in [0.25, 0.3) is 0 Å². The Balaban J connectivity index is 1.98. The van der Waals surface area contributed by atoms with E-state index in [9.17, 15) is 4.79 Å². The van der Waals surface area contributed by atoms with Crippen LogP contribution in [0, 0.1) is 11.8 Å². The summed E-state index contributed by atoms with van der Waals surface area (Å²) < 4.78 is 4.84. The Kier molecular flexibility index (Phi) is 4.37. The molecule has 3 nitrogen and oxygen atoms in total. The summed E-state index contributed by atoms with van der Waals surface area (Å²) in [5, 5.41) is 0. The van der Waals surface area contributed by atoms with E-state index in [1.165, 1.54) is 12.7 Å². The van der Waals surface area contributed by atoms with E-state index in [0.717, 1.165) is 25.7 Å². The van der Waals surface area contributed by atoms with E-state index in [1.54, 1.807) is 0 Å². The molecule has 0 saturated heterocycles. The molecule has 2 rings (SSSR count). The van der Waals surface area contributed by atoms with Gasteiger partial charge in [0.1, 0.15) is 0 Å². The average Bonchev–Trinajstić information content (AvgIpc) is 2.38. The molecule has 0 aromatic heterocycles. The van der Waals surface area contributed by atoms with Gasteiger partial charge >= 0.3 is 5.97 Å². The maximum Gasteiger partial charge on any atom is 0.308 e. The van der Waals surface area contributed by atoms with Gasteiger partial charge in [0, 0.05) is 6.04 Å². The number of ether oxygens (including phenoxy) is 1. The molecule has 0 bridgehead atoms. The van der Waals surface area contributed by atoms with Gasteiger partial charge in [-0.25, -0.2) is 0 Å². The smallest absolute Gasteiger partial charge is 0.308 e. The molecule has 0 radical (unpaired) electrons. The monoisotopic (exact) mass is 247 g/mol. The predicted octanol–water partition coefficient (Wildman–Crippen LogP) is 2.15. The summed E-state index contributed by atoms with van der Waals surface area (Å²) in [6.45, 7) is 0. The lowest BCUT2D eigenvalue weighted by atomic mass is 9.76. The topological polar surface area (TPSA) is 52.3 Å². The van der Waals surface area contributed by atoms with Crippen LogP contribution in [0.3, 0.4) is 0 Å². The van der Waals surface area contributed by atoms with Crippen molar-refractivity contribution in [2.45, 2.75) is 31.7 Å². The standard InChI is InChI=1S/C15H21NO2/c1-18-15(17)13-8-12(9-14(16)10-13)7-11-5-3-2-4-6-11/h2-6,12-14H,7-10,16H2,1H3/t12-,13+,14-/m1/s1. The van der Waals surface area contributed by atoms with Gasteiger partial charge < -0.3 is 10.5 Å². The first-order chi connectivity index (χ1) is 8.69. The number of benzene rings is 1. The molecule has 1 aromatic rings. The van der Waals surface area contributed by atoms with Crippen LogP contribution in [0.25, 0.3) is 0 Å². The highest BCUT2D eigenvalue weighted by Crippen LogP contribution is 2.31. The fraction of sp³-hybridized carbons (Fsp3) is 0.533. The average molecular weight is 247 g/mol. The molecule has 1 aliphatic carbocycles. The molecule has 0 amide bonds. The minimum atomic E-state index is -0.108. The molecule has 18 heavy (non-hydrogen) atoms. The number of hydrogen-bond acceptors (Lipinski definition) is 3. The Morgan fingerprint density at radius 3 is 2.67 bits per heavy atom. The molecule has 3 atom stereocenters. The zero-order valence-corrected chi connectivity index (χ0v) is 10.8. The number of nitrogens with two attached hydrogens (primary N) is 1. The van der Waals surface area contributed by atoms with Crippen LogP contribution >= 0.6 is 0 Å². The third-order valence-corrected chi connectivity index (χ3v) is 3.74.